The number of amides is 3. The van der Waals surface area contributed by atoms with Crippen LogP contribution in [-0.4, -0.2) is 39.9 Å². The minimum Gasteiger partial charge on any atom is -0.333 e. The van der Waals surface area contributed by atoms with Crippen molar-refractivity contribution in [3.8, 4) is 0 Å². The summed E-state index contributed by atoms with van der Waals surface area (Å²) in [6.45, 7) is 12.3. The SMILES string of the molecule is Cc1ccsc1CN(Cc1ccc(F)cc1)C(=O)CN(C(=O)NC(C)(C)C)C(C)C. The van der Waals surface area contributed by atoms with Gasteiger partial charge in [0.2, 0.25) is 5.91 Å². The van der Waals surface area contributed by atoms with Crippen molar-refractivity contribution < 1.29 is 14.0 Å². The first kappa shape index (κ1) is 23.9. The summed E-state index contributed by atoms with van der Waals surface area (Å²) in [5, 5.41) is 4.93. The van der Waals surface area contributed by atoms with E-state index in [1.54, 1.807) is 33.3 Å². The fourth-order valence-corrected chi connectivity index (χ4v) is 3.83. The Kier molecular flexibility index (Phi) is 8.01. The van der Waals surface area contributed by atoms with Crippen LogP contribution in [0.3, 0.4) is 0 Å². The van der Waals surface area contributed by atoms with Crippen molar-refractivity contribution in [1.82, 2.24) is 15.1 Å². The van der Waals surface area contributed by atoms with E-state index in [9.17, 15) is 14.0 Å². The number of carbonyl (C=O) groups excluding carboxylic acids is 2. The zero-order chi connectivity index (χ0) is 22.5. The monoisotopic (exact) mass is 433 g/mol. The molecule has 0 atom stereocenters. The predicted molar refractivity (Wildman–Crippen MR) is 120 cm³/mol. The molecule has 0 aliphatic carbocycles. The van der Waals surface area contributed by atoms with Gasteiger partial charge in [-0.25, -0.2) is 9.18 Å². The summed E-state index contributed by atoms with van der Waals surface area (Å²) in [6, 6.07) is 7.79. The van der Waals surface area contributed by atoms with Gasteiger partial charge >= 0.3 is 6.03 Å². The number of rotatable bonds is 7. The zero-order valence-electron chi connectivity index (χ0n) is 18.7. The summed E-state index contributed by atoms with van der Waals surface area (Å²) in [7, 11) is 0. The first-order chi connectivity index (χ1) is 14.0. The minimum absolute atomic E-state index is 0.0226. The minimum atomic E-state index is -0.394. The molecule has 0 aliphatic heterocycles. The molecule has 0 saturated heterocycles. The van der Waals surface area contributed by atoms with Crippen LogP contribution in [0, 0.1) is 12.7 Å². The molecule has 5 nitrogen and oxygen atoms in total. The Balaban J connectivity index is 2.22. The van der Waals surface area contributed by atoms with Gasteiger partial charge in [0.15, 0.2) is 0 Å². The third kappa shape index (κ3) is 7.13. The Labute approximate surface area is 182 Å². The number of benzene rings is 1. The van der Waals surface area contributed by atoms with Crippen LogP contribution in [0.5, 0.6) is 0 Å². The molecule has 0 saturated carbocycles. The van der Waals surface area contributed by atoms with Gasteiger partial charge in [-0.15, -0.1) is 11.3 Å². The summed E-state index contributed by atoms with van der Waals surface area (Å²) in [5.41, 5.74) is 1.58. The van der Waals surface area contributed by atoms with Crippen molar-refractivity contribution in [2.45, 2.75) is 66.2 Å². The molecular formula is C23H32FN3O2S. The molecule has 0 radical (unpaired) electrons. The maximum atomic E-state index is 13.3. The lowest BCUT2D eigenvalue weighted by molar-refractivity contribution is -0.133. The molecule has 30 heavy (non-hydrogen) atoms. The largest absolute Gasteiger partial charge is 0.333 e. The van der Waals surface area contributed by atoms with Crippen molar-refractivity contribution in [2.75, 3.05) is 6.54 Å². The molecule has 0 spiro atoms. The van der Waals surface area contributed by atoms with Gasteiger partial charge in [0.05, 0.1) is 6.54 Å². The summed E-state index contributed by atoms with van der Waals surface area (Å²) in [6.07, 6.45) is 0. The topological polar surface area (TPSA) is 52.7 Å². The van der Waals surface area contributed by atoms with Crippen LogP contribution in [-0.2, 0) is 17.9 Å². The number of hydrogen-bond donors (Lipinski definition) is 1. The molecule has 2 aromatic rings. The van der Waals surface area contributed by atoms with Crippen molar-refractivity contribution in [3.63, 3.8) is 0 Å². The number of thiophene rings is 1. The molecule has 0 bridgehead atoms. The van der Waals surface area contributed by atoms with E-state index in [0.29, 0.717) is 13.1 Å². The Bertz CT molecular complexity index is 856. The van der Waals surface area contributed by atoms with E-state index in [4.69, 9.17) is 0 Å². The number of nitrogens with zero attached hydrogens (tertiary/aromatic N) is 2. The Hall–Kier alpha value is -2.41. The first-order valence-electron chi connectivity index (χ1n) is 10.1. The maximum Gasteiger partial charge on any atom is 0.318 e. The van der Waals surface area contributed by atoms with Gasteiger partial charge in [0.25, 0.3) is 0 Å². The van der Waals surface area contributed by atoms with E-state index in [1.807, 2.05) is 53.0 Å². The van der Waals surface area contributed by atoms with Crippen molar-refractivity contribution in [3.05, 3.63) is 57.5 Å². The molecule has 0 unspecified atom stereocenters. The van der Waals surface area contributed by atoms with Crippen LogP contribution in [0.2, 0.25) is 0 Å². The number of nitrogens with one attached hydrogen (secondary N) is 1. The number of aryl methyl sites for hydroxylation is 1. The molecule has 1 aromatic heterocycles. The smallest absolute Gasteiger partial charge is 0.318 e. The van der Waals surface area contributed by atoms with Crippen LogP contribution in [0.4, 0.5) is 9.18 Å². The molecular weight excluding hydrogens is 401 g/mol. The number of carbonyl (C=O) groups is 2. The van der Waals surface area contributed by atoms with E-state index in [1.165, 1.54) is 12.1 Å². The van der Waals surface area contributed by atoms with Gasteiger partial charge in [-0.2, -0.15) is 0 Å². The van der Waals surface area contributed by atoms with E-state index in [0.717, 1.165) is 16.0 Å². The second-order valence-electron chi connectivity index (χ2n) is 8.80. The molecule has 164 valence electrons. The van der Waals surface area contributed by atoms with Gasteiger partial charge in [-0.1, -0.05) is 12.1 Å². The quantitative estimate of drug-likeness (QED) is 0.672. The second-order valence-corrected chi connectivity index (χ2v) is 9.81. The molecule has 7 heteroatoms. The highest BCUT2D eigenvalue weighted by Gasteiger charge is 2.26. The van der Waals surface area contributed by atoms with E-state index >= 15 is 0 Å². The summed E-state index contributed by atoms with van der Waals surface area (Å²) in [5.74, 6) is -0.458. The third-order valence-corrected chi connectivity index (χ3v) is 5.62. The number of halogens is 1. The van der Waals surface area contributed by atoms with E-state index in [2.05, 4.69) is 5.32 Å². The molecule has 1 heterocycles. The zero-order valence-corrected chi connectivity index (χ0v) is 19.5. The van der Waals surface area contributed by atoms with Crippen molar-refractivity contribution in [2.24, 2.45) is 0 Å². The fraction of sp³-hybridized carbons (Fsp3) is 0.478. The number of hydrogen-bond acceptors (Lipinski definition) is 3. The Morgan fingerprint density at radius 2 is 1.73 bits per heavy atom. The van der Waals surface area contributed by atoms with Gasteiger partial charge < -0.3 is 15.1 Å². The van der Waals surface area contributed by atoms with Crippen LogP contribution in [0.1, 0.15) is 50.6 Å². The van der Waals surface area contributed by atoms with Gasteiger partial charge in [-0.05, 0) is 76.2 Å². The van der Waals surface area contributed by atoms with Gasteiger partial charge in [-0.3, -0.25) is 4.79 Å². The Morgan fingerprint density at radius 3 is 2.23 bits per heavy atom. The molecule has 1 aromatic carbocycles. The molecule has 3 amide bonds. The van der Waals surface area contributed by atoms with Crippen LogP contribution >= 0.6 is 11.3 Å². The summed E-state index contributed by atoms with van der Waals surface area (Å²) in [4.78, 5) is 30.4. The lowest BCUT2D eigenvalue weighted by Gasteiger charge is -2.32. The molecule has 0 fully saturated rings. The summed E-state index contributed by atoms with van der Waals surface area (Å²) < 4.78 is 13.3. The first-order valence-corrected chi connectivity index (χ1v) is 11.0. The third-order valence-electron chi connectivity index (χ3n) is 4.61. The highest BCUT2D eigenvalue weighted by molar-refractivity contribution is 7.10. The standard InChI is InChI=1S/C23H32FN3O2S/c1-16(2)27(22(29)25-23(4,5)6)15-21(28)26(14-20-17(3)11-12-30-20)13-18-7-9-19(24)10-8-18/h7-12,16H,13-15H2,1-6H3,(H,25,29). The molecule has 0 aliphatic rings. The van der Waals surface area contributed by atoms with Crippen molar-refractivity contribution >= 4 is 23.3 Å². The van der Waals surface area contributed by atoms with Crippen LogP contribution < -0.4 is 5.32 Å². The highest BCUT2D eigenvalue weighted by atomic mass is 32.1. The fourth-order valence-electron chi connectivity index (χ4n) is 2.91. The predicted octanol–water partition coefficient (Wildman–Crippen LogP) is 4.94. The Morgan fingerprint density at radius 1 is 1.10 bits per heavy atom. The lowest BCUT2D eigenvalue weighted by atomic mass is 10.1. The molecule has 2 rings (SSSR count). The maximum absolute atomic E-state index is 13.3. The average molecular weight is 434 g/mol. The normalized spacial score (nSPS) is 11.5. The van der Waals surface area contributed by atoms with Crippen LogP contribution in [0.25, 0.3) is 0 Å². The summed E-state index contributed by atoms with van der Waals surface area (Å²) >= 11 is 1.60. The lowest BCUT2D eigenvalue weighted by Crippen LogP contribution is -2.53. The second kappa shape index (κ2) is 10.1. The average Bonchev–Trinajstić information content (AvgIpc) is 3.03. The van der Waals surface area contributed by atoms with Crippen molar-refractivity contribution in [1.29, 1.82) is 0 Å². The number of urea groups is 1. The highest BCUT2D eigenvalue weighted by Crippen LogP contribution is 2.20. The van der Waals surface area contributed by atoms with Gasteiger partial charge in [0.1, 0.15) is 12.4 Å². The van der Waals surface area contributed by atoms with Crippen LogP contribution in [0.15, 0.2) is 35.7 Å². The van der Waals surface area contributed by atoms with E-state index < -0.39 is 5.54 Å². The van der Waals surface area contributed by atoms with Gasteiger partial charge in [0, 0.05) is 23.0 Å². The van der Waals surface area contributed by atoms with E-state index in [-0.39, 0.29) is 30.3 Å². The molecule has 1 N–H and O–H groups in total.